The number of carbonyl (C=O) groups excluding carboxylic acids is 1. The summed E-state index contributed by atoms with van der Waals surface area (Å²) in [6.07, 6.45) is 5.43. The average molecular weight is 310 g/mol. The van der Waals surface area contributed by atoms with E-state index in [4.69, 9.17) is 4.74 Å². The van der Waals surface area contributed by atoms with Crippen LogP contribution in [0.15, 0.2) is 22.9 Å². The van der Waals surface area contributed by atoms with Crippen molar-refractivity contribution in [3.05, 3.63) is 22.9 Å². The van der Waals surface area contributed by atoms with Gasteiger partial charge in [0.25, 0.3) is 0 Å². The Bertz CT molecular complexity index is 619. The molecule has 0 bridgehead atoms. The number of ether oxygens (including phenoxy) is 1. The molecule has 1 N–H and O–H groups in total. The van der Waals surface area contributed by atoms with E-state index in [9.17, 15) is 4.79 Å². The molecule has 1 aliphatic rings. The Hall–Kier alpha value is -1.56. The third kappa shape index (κ3) is 1.96. The maximum Gasteiger partial charge on any atom is 0.227 e. The second-order valence-corrected chi connectivity index (χ2v) is 5.26. The van der Waals surface area contributed by atoms with Crippen LogP contribution in [0.5, 0.6) is 5.75 Å². The zero-order valence-electron chi connectivity index (χ0n) is 9.81. The zero-order chi connectivity index (χ0) is 12.7. The number of aromatic nitrogens is 2. The largest absolute Gasteiger partial charge is 0.494 e. The Kier molecular flexibility index (Phi) is 2.74. The van der Waals surface area contributed by atoms with Crippen LogP contribution < -0.4 is 10.1 Å². The van der Waals surface area contributed by atoms with Gasteiger partial charge in [-0.25, -0.2) is 4.52 Å². The van der Waals surface area contributed by atoms with Gasteiger partial charge in [0.1, 0.15) is 11.3 Å². The molecule has 0 aromatic carbocycles. The van der Waals surface area contributed by atoms with E-state index in [1.807, 2.05) is 12.3 Å². The first-order valence-corrected chi connectivity index (χ1v) is 6.50. The van der Waals surface area contributed by atoms with Crippen molar-refractivity contribution in [1.29, 1.82) is 0 Å². The van der Waals surface area contributed by atoms with Crippen LogP contribution in [-0.4, -0.2) is 22.6 Å². The number of methoxy groups -OCH3 is 1. The van der Waals surface area contributed by atoms with Crippen molar-refractivity contribution in [3.8, 4) is 5.75 Å². The Morgan fingerprint density at radius 2 is 2.39 bits per heavy atom. The van der Waals surface area contributed by atoms with Crippen molar-refractivity contribution < 1.29 is 9.53 Å². The first kappa shape index (κ1) is 11.5. The van der Waals surface area contributed by atoms with Gasteiger partial charge in [0.05, 0.1) is 19.0 Å². The number of anilines is 1. The molecule has 0 spiro atoms. The van der Waals surface area contributed by atoms with E-state index >= 15 is 0 Å². The average Bonchev–Trinajstić information content (AvgIpc) is 3.12. The first-order valence-electron chi connectivity index (χ1n) is 5.71. The number of nitrogens with zero attached hydrogens (tertiary/aromatic N) is 2. The van der Waals surface area contributed by atoms with E-state index in [1.165, 1.54) is 0 Å². The van der Waals surface area contributed by atoms with Crippen molar-refractivity contribution >= 4 is 33.0 Å². The lowest BCUT2D eigenvalue weighted by Gasteiger charge is -2.07. The van der Waals surface area contributed by atoms with Crippen LogP contribution in [0.4, 0.5) is 5.69 Å². The van der Waals surface area contributed by atoms with Gasteiger partial charge in [0.15, 0.2) is 0 Å². The number of carbonyl (C=O) groups is 1. The van der Waals surface area contributed by atoms with E-state index < -0.39 is 0 Å². The summed E-state index contributed by atoms with van der Waals surface area (Å²) < 4.78 is 7.88. The normalized spacial score (nSPS) is 14.8. The number of nitrogens with one attached hydrogen (secondary N) is 1. The van der Waals surface area contributed by atoms with Gasteiger partial charge >= 0.3 is 0 Å². The minimum atomic E-state index is 0.0647. The third-order valence-corrected chi connectivity index (χ3v) is 3.40. The lowest BCUT2D eigenvalue weighted by atomic mass is 10.3. The minimum Gasteiger partial charge on any atom is -0.494 e. The van der Waals surface area contributed by atoms with Crippen LogP contribution in [0.2, 0.25) is 0 Å². The molecule has 1 saturated carbocycles. The summed E-state index contributed by atoms with van der Waals surface area (Å²) in [7, 11) is 1.60. The van der Waals surface area contributed by atoms with Gasteiger partial charge in [-0.15, -0.1) is 0 Å². The second kappa shape index (κ2) is 4.28. The standard InChI is InChI=1S/C12H12BrN3O2/c1-18-10-4-8(13)6-16-11(10)9(5-14-16)15-12(17)7-2-3-7/h4-7H,2-3H2,1H3,(H,15,17). The molecule has 1 aliphatic carbocycles. The Balaban J connectivity index is 2.03. The molecule has 5 nitrogen and oxygen atoms in total. The fraction of sp³-hybridized carbons (Fsp3) is 0.333. The van der Waals surface area contributed by atoms with Crippen LogP contribution in [0, 0.1) is 5.92 Å². The number of rotatable bonds is 3. The molecular formula is C12H12BrN3O2. The molecule has 3 rings (SSSR count). The summed E-state index contributed by atoms with van der Waals surface area (Å²) >= 11 is 3.39. The highest BCUT2D eigenvalue weighted by molar-refractivity contribution is 9.10. The number of fused-ring (bicyclic) bond motifs is 1. The summed E-state index contributed by atoms with van der Waals surface area (Å²) in [5.41, 5.74) is 1.46. The smallest absolute Gasteiger partial charge is 0.227 e. The lowest BCUT2D eigenvalue weighted by Crippen LogP contribution is -2.13. The Morgan fingerprint density at radius 1 is 1.61 bits per heavy atom. The first-order chi connectivity index (χ1) is 8.69. The summed E-state index contributed by atoms with van der Waals surface area (Å²) in [4.78, 5) is 11.8. The highest BCUT2D eigenvalue weighted by Gasteiger charge is 2.30. The summed E-state index contributed by atoms with van der Waals surface area (Å²) in [6, 6.07) is 1.85. The van der Waals surface area contributed by atoms with Crippen molar-refractivity contribution in [3.63, 3.8) is 0 Å². The van der Waals surface area contributed by atoms with Crippen LogP contribution in [0.25, 0.3) is 5.52 Å². The number of halogens is 1. The lowest BCUT2D eigenvalue weighted by molar-refractivity contribution is -0.117. The molecule has 18 heavy (non-hydrogen) atoms. The maximum absolute atomic E-state index is 11.8. The van der Waals surface area contributed by atoms with Crippen molar-refractivity contribution in [2.24, 2.45) is 5.92 Å². The molecule has 2 heterocycles. The van der Waals surface area contributed by atoms with Crippen LogP contribution in [0.1, 0.15) is 12.8 Å². The number of hydrogen-bond donors (Lipinski definition) is 1. The molecule has 1 amide bonds. The van der Waals surface area contributed by atoms with Gasteiger partial charge in [-0.2, -0.15) is 5.10 Å². The fourth-order valence-electron chi connectivity index (χ4n) is 1.88. The summed E-state index contributed by atoms with van der Waals surface area (Å²) in [5.74, 6) is 0.907. The molecule has 1 fully saturated rings. The highest BCUT2D eigenvalue weighted by atomic mass is 79.9. The van der Waals surface area contributed by atoms with Gasteiger partial charge in [-0.05, 0) is 34.8 Å². The van der Waals surface area contributed by atoms with E-state index in [1.54, 1.807) is 17.8 Å². The summed E-state index contributed by atoms with van der Waals surface area (Å²) in [5, 5.41) is 7.12. The number of amides is 1. The highest BCUT2D eigenvalue weighted by Crippen LogP contribution is 2.33. The third-order valence-electron chi connectivity index (χ3n) is 2.97. The molecule has 6 heteroatoms. The van der Waals surface area contributed by atoms with E-state index in [-0.39, 0.29) is 11.8 Å². The van der Waals surface area contributed by atoms with Gasteiger partial charge in [-0.3, -0.25) is 4.79 Å². The van der Waals surface area contributed by atoms with Gasteiger partial charge in [-0.1, -0.05) is 0 Å². The van der Waals surface area contributed by atoms with Crippen molar-refractivity contribution in [2.75, 3.05) is 12.4 Å². The van der Waals surface area contributed by atoms with Crippen LogP contribution >= 0.6 is 15.9 Å². The molecular weight excluding hydrogens is 298 g/mol. The SMILES string of the molecule is COc1cc(Br)cn2ncc(NC(=O)C3CC3)c12. The van der Waals surface area contributed by atoms with E-state index in [2.05, 4.69) is 26.3 Å². The maximum atomic E-state index is 11.8. The Labute approximate surface area is 112 Å². The number of pyridine rings is 1. The Morgan fingerprint density at radius 3 is 3.06 bits per heavy atom. The minimum absolute atomic E-state index is 0.0647. The molecule has 0 radical (unpaired) electrons. The van der Waals surface area contributed by atoms with Gasteiger partial charge in [0.2, 0.25) is 5.91 Å². The zero-order valence-corrected chi connectivity index (χ0v) is 11.4. The molecule has 2 aromatic rings. The fourth-order valence-corrected chi connectivity index (χ4v) is 2.28. The molecule has 0 unspecified atom stereocenters. The van der Waals surface area contributed by atoms with E-state index in [0.717, 1.165) is 22.8 Å². The van der Waals surface area contributed by atoms with Crippen LogP contribution in [-0.2, 0) is 4.79 Å². The van der Waals surface area contributed by atoms with Crippen LogP contribution in [0.3, 0.4) is 0 Å². The topological polar surface area (TPSA) is 55.6 Å². The molecule has 0 saturated heterocycles. The van der Waals surface area contributed by atoms with Gasteiger partial charge in [0, 0.05) is 16.6 Å². The predicted molar refractivity (Wildman–Crippen MR) is 70.8 cm³/mol. The molecule has 0 aliphatic heterocycles. The number of hydrogen-bond acceptors (Lipinski definition) is 3. The molecule has 0 atom stereocenters. The predicted octanol–water partition coefficient (Wildman–Crippen LogP) is 2.45. The van der Waals surface area contributed by atoms with Gasteiger partial charge < -0.3 is 10.1 Å². The molecule has 94 valence electrons. The second-order valence-electron chi connectivity index (χ2n) is 4.34. The quantitative estimate of drug-likeness (QED) is 0.947. The monoisotopic (exact) mass is 309 g/mol. The van der Waals surface area contributed by atoms with E-state index in [0.29, 0.717) is 11.4 Å². The summed E-state index contributed by atoms with van der Waals surface area (Å²) in [6.45, 7) is 0. The van der Waals surface area contributed by atoms with Crippen molar-refractivity contribution in [1.82, 2.24) is 9.61 Å². The van der Waals surface area contributed by atoms with Crippen molar-refractivity contribution in [2.45, 2.75) is 12.8 Å². The molecule has 2 aromatic heterocycles.